The zero-order chi connectivity index (χ0) is 14.3. The van der Waals surface area contributed by atoms with Crippen molar-refractivity contribution < 1.29 is 14.7 Å². The number of carboxylic acids is 1. The van der Waals surface area contributed by atoms with E-state index in [-0.39, 0.29) is 11.6 Å². The summed E-state index contributed by atoms with van der Waals surface area (Å²) >= 11 is 0. The Morgan fingerprint density at radius 3 is 2.63 bits per heavy atom. The number of aromatic carboxylic acids is 1. The van der Waals surface area contributed by atoms with Crippen LogP contribution >= 0.6 is 0 Å². The maximum atomic E-state index is 11.6. The molecule has 5 nitrogen and oxygen atoms in total. The zero-order valence-corrected chi connectivity index (χ0v) is 11.3. The average molecular weight is 264 g/mol. The van der Waals surface area contributed by atoms with Crippen LogP contribution in [0.4, 0.5) is 10.5 Å². The number of rotatable bonds is 6. The lowest BCUT2D eigenvalue weighted by molar-refractivity contribution is 0.0696. The molecule has 0 bridgehead atoms. The molecule has 0 fully saturated rings. The first-order valence-electron chi connectivity index (χ1n) is 6.44. The Hall–Kier alpha value is -2.04. The molecule has 0 saturated carbocycles. The molecule has 2 amide bonds. The molecule has 19 heavy (non-hydrogen) atoms. The van der Waals surface area contributed by atoms with Crippen LogP contribution in [0.3, 0.4) is 0 Å². The van der Waals surface area contributed by atoms with Gasteiger partial charge in [-0.05, 0) is 31.0 Å². The fourth-order valence-electron chi connectivity index (χ4n) is 1.75. The summed E-state index contributed by atoms with van der Waals surface area (Å²) in [6, 6.07) is 4.51. The molecule has 0 saturated heterocycles. The number of benzene rings is 1. The van der Waals surface area contributed by atoms with Crippen LogP contribution in [-0.4, -0.2) is 23.7 Å². The fraction of sp³-hybridized carbons (Fsp3) is 0.429. The van der Waals surface area contributed by atoms with E-state index < -0.39 is 5.97 Å². The summed E-state index contributed by atoms with van der Waals surface area (Å²) in [5, 5.41) is 14.4. The summed E-state index contributed by atoms with van der Waals surface area (Å²) in [5.41, 5.74) is 1.27. The largest absolute Gasteiger partial charge is 0.478 e. The SMILES string of the molecule is CCCCCNC(=O)Nc1cccc(C(=O)O)c1C. The molecule has 0 aliphatic carbocycles. The molecule has 0 aliphatic rings. The third-order valence-electron chi connectivity index (χ3n) is 2.88. The van der Waals surface area contributed by atoms with Gasteiger partial charge in [-0.1, -0.05) is 25.8 Å². The number of urea groups is 1. The van der Waals surface area contributed by atoms with Crippen LogP contribution in [0.2, 0.25) is 0 Å². The van der Waals surface area contributed by atoms with Crippen LogP contribution in [0.1, 0.15) is 42.1 Å². The molecule has 1 rings (SSSR count). The maximum absolute atomic E-state index is 11.6. The van der Waals surface area contributed by atoms with Crippen molar-refractivity contribution in [1.29, 1.82) is 0 Å². The molecular formula is C14H20N2O3. The number of nitrogens with one attached hydrogen (secondary N) is 2. The third kappa shape index (κ3) is 4.62. The Kier molecular flexibility index (Phi) is 5.85. The van der Waals surface area contributed by atoms with Gasteiger partial charge in [0.15, 0.2) is 0 Å². The number of unbranched alkanes of at least 4 members (excludes halogenated alkanes) is 2. The second kappa shape index (κ2) is 7.41. The summed E-state index contributed by atoms with van der Waals surface area (Å²) in [5.74, 6) is -0.996. The van der Waals surface area contributed by atoms with Crippen LogP contribution in [0, 0.1) is 6.92 Å². The van der Waals surface area contributed by atoms with Crippen LogP contribution in [0.25, 0.3) is 0 Å². The fourth-order valence-corrected chi connectivity index (χ4v) is 1.75. The van der Waals surface area contributed by atoms with Gasteiger partial charge in [-0.15, -0.1) is 0 Å². The zero-order valence-electron chi connectivity index (χ0n) is 11.3. The van der Waals surface area contributed by atoms with Gasteiger partial charge in [0, 0.05) is 12.2 Å². The van der Waals surface area contributed by atoms with E-state index in [4.69, 9.17) is 5.11 Å². The lowest BCUT2D eigenvalue weighted by Gasteiger charge is -2.11. The first kappa shape index (κ1) is 15.0. The van der Waals surface area contributed by atoms with E-state index >= 15 is 0 Å². The van der Waals surface area contributed by atoms with Crippen molar-refractivity contribution in [3.63, 3.8) is 0 Å². The Balaban J connectivity index is 2.59. The molecule has 0 heterocycles. The standard InChI is InChI=1S/C14H20N2O3/c1-3-4-5-9-15-14(19)16-12-8-6-7-11(10(12)2)13(17)18/h6-8H,3-5,9H2,1-2H3,(H,17,18)(H2,15,16,19). The number of amides is 2. The van der Waals surface area contributed by atoms with Crippen LogP contribution in [0.5, 0.6) is 0 Å². The molecular weight excluding hydrogens is 244 g/mol. The van der Waals surface area contributed by atoms with Crippen molar-refractivity contribution in [2.45, 2.75) is 33.1 Å². The van der Waals surface area contributed by atoms with Gasteiger partial charge < -0.3 is 15.7 Å². The molecule has 104 valence electrons. The number of carbonyl (C=O) groups excluding carboxylic acids is 1. The third-order valence-corrected chi connectivity index (χ3v) is 2.88. The lowest BCUT2D eigenvalue weighted by atomic mass is 10.1. The Morgan fingerprint density at radius 2 is 2.00 bits per heavy atom. The normalized spacial score (nSPS) is 10.0. The van der Waals surface area contributed by atoms with Gasteiger partial charge in [0.1, 0.15) is 0 Å². The number of hydrogen-bond acceptors (Lipinski definition) is 2. The van der Waals surface area contributed by atoms with Gasteiger partial charge in [0.2, 0.25) is 0 Å². The van der Waals surface area contributed by atoms with Crippen molar-refractivity contribution in [2.24, 2.45) is 0 Å². The summed E-state index contributed by atoms with van der Waals surface area (Å²) in [6.45, 7) is 4.40. The van der Waals surface area contributed by atoms with Gasteiger partial charge in [0.05, 0.1) is 5.56 Å². The topological polar surface area (TPSA) is 78.4 Å². The van der Waals surface area contributed by atoms with E-state index in [2.05, 4.69) is 17.6 Å². The number of carbonyl (C=O) groups is 2. The molecule has 0 spiro atoms. The van der Waals surface area contributed by atoms with E-state index in [9.17, 15) is 9.59 Å². The number of carboxylic acid groups (broad SMARTS) is 1. The monoisotopic (exact) mass is 264 g/mol. The second-order valence-electron chi connectivity index (χ2n) is 4.37. The maximum Gasteiger partial charge on any atom is 0.336 e. The van der Waals surface area contributed by atoms with E-state index in [0.717, 1.165) is 19.3 Å². The summed E-state index contributed by atoms with van der Waals surface area (Å²) in [7, 11) is 0. The number of hydrogen-bond donors (Lipinski definition) is 3. The molecule has 0 aliphatic heterocycles. The molecule has 5 heteroatoms. The quantitative estimate of drug-likeness (QED) is 0.691. The summed E-state index contributed by atoms with van der Waals surface area (Å²) < 4.78 is 0. The Bertz CT molecular complexity index is 458. The highest BCUT2D eigenvalue weighted by molar-refractivity contribution is 5.95. The smallest absolute Gasteiger partial charge is 0.336 e. The van der Waals surface area contributed by atoms with E-state index in [1.165, 1.54) is 6.07 Å². The minimum Gasteiger partial charge on any atom is -0.478 e. The van der Waals surface area contributed by atoms with Crippen molar-refractivity contribution in [2.75, 3.05) is 11.9 Å². The molecule has 3 N–H and O–H groups in total. The first-order valence-corrected chi connectivity index (χ1v) is 6.44. The first-order chi connectivity index (χ1) is 9.06. The van der Waals surface area contributed by atoms with Crippen LogP contribution in [-0.2, 0) is 0 Å². The van der Waals surface area contributed by atoms with E-state index in [1.54, 1.807) is 19.1 Å². The lowest BCUT2D eigenvalue weighted by Crippen LogP contribution is -2.29. The van der Waals surface area contributed by atoms with Gasteiger partial charge in [0.25, 0.3) is 0 Å². The Morgan fingerprint density at radius 1 is 1.26 bits per heavy atom. The van der Waals surface area contributed by atoms with Gasteiger partial charge >= 0.3 is 12.0 Å². The van der Waals surface area contributed by atoms with Crippen molar-refractivity contribution in [1.82, 2.24) is 5.32 Å². The molecule has 0 atom stereocenters. The highest BCUT2D eigenvalue weighted by Gasteiger charge is 2.11. The summed E-state index contributed by atoms with van der Waals surface area (Å²) in [6.07, 6.45) is 3.12. The minimum atomic E-state index is -0.996. The highest BCUT2D eigenvalue weighted by Crippen LogP contribution is 2.18. The average Bonchev–Trinajstić information content (AvgIpc) is 2.37. The van der Waals surface area contributed by atoms with E-state index in [0.29, 0.717) is 17.8 Å². The molecule has 1 aromatic carbocycles. The van der Waals surface area contributed by atoms with Gasteiger partial charge in [-0.2, -0.15) is 0 Å². The predicted octanol–water partition coefficient (Wildman–Crippen LogP) is 3.00. The van der Waals surface area contributed by atoms with Crippen molar-refractivity contribution in [3.05, 3.63) is 29.3 Å². The van der Waals surface area contributed by atoms with Crippen molar-refractivity contribution in [3.8, 4) is 0 Å². The molecule has 0 unspecified atom stereocenters. The molecule has 0 aromatic heterocycles. The predicted molar refractivity (Wildman–Crippen MR) is 74.7 cm³/mol. The number of anilines is 1. The molecule has 1 aromatic rings. The van der Waals surface area contributed by atoms with Crippen LogP contribution in [0.15, 0.2) is 18.2 Å². The Labute approximate surface area is 113 Å². The minimum absolute atomic E-state index is 0.198. The van der Waals surface area contributed by atoms with Gasteiger partial charge in [-0.25, -0.2) is 9.59 Å². The molecule has 0 radical (unpaired) electrons. The highest BCUT2D eigenvalue weighted by atomic mass is 16.4. The van der Waals surface area contributed by atoms with Crippen molar-refractivity contribution >= 4 is 17.7 Å². The second-order valence-corrected chi connectivity index (χ2v) is 4.37. The summed E-state index contributed by atoms with van der Waals surface area (Å²) in [4.78, 5) is 22.6. The van der Waals surface area contributed by atoms with E-state index in [1.807, 2.05) is 0 Å². The van der Waals surface area contributed by atoms with Crippen LogP contribution < -0.4 is 10.6 Å². The van der Waals surface area contributed by atoms with Gasteiger partial charge in [-0.3, -0.25) is 0 Å².